The summed E-state index contributed by atoms with van der Waals surface area (Å²) in [6.45, 7) is 2.12. The summed E-state index contributed by atoms with van der Waals surface area (Å²) >= 11 is 4.85. The summed E-state index contributed by atoms with van der Waals surface area (Å²) in [7, 11) is 0. The van der Waals surface area contributed by atoms with Gasteiger partial charge in [-0.1, -0.05) is 29.3 Å². The molecule has 4 heteroatoms. The smallest absolute Gasteiger partial charge is 0.125 e. The normalized spacial score (nSPS) is 10.7. The first-order valence-corrected chi connectivity index (χ1v) is 6.77. The number of halogens is 2. The first kappa shape index (κ1) is 11.7. The van der Waals surface area contributed by atoms with E-state index in [1.54, 1.807) is 11.3 Å². The summed E-state index contributed by atoms with van der Waals surface area (Å²) in [4.78, 5) is 4.48. The number of hydrogen-bond donors (Lipinski definition) is 0. The highest BCUT2D eigenvalue weighted by Gasteiger charge is 2.06. The van der Waals surface area contributed by atoms with Gasteiger partial charge in [-0.2, -0.15) is 0 Å². The third-order valence-electron chi connectivity index (χ3n) is 2.17. The molecule has 16 heavy (non-hydrogen) atoms. The molecular weight excluding hydrogens is 289 g/mol. The quantitative estimate of drug-likeness (QED) is 0.803. The van der Waals surface area contributed by atoms with Crippen molar-refractivity contribution in [1.29, 1.82) is 0 Å². The van der Waals surface area contributed by atoms with Crippen LogP contribution in [0.2, 0.25) is 0 Å². The SMILES string of the molecule is CCCc1csc(-c2cc(F)cc(Br)c2)n1. The molecule has 0 bridgehead atoms. The summed E-state index contributed by atoms with van der Waals surface area (Å²) in [5, 5.41) is 2.92. The molecule has 2 rings (SSSR count). The van der Waals surface area contributed by atoms with Crippen molar-refractivity contribution in [3.8, 4) is 10.6 Å². The second-order valence-electron chi connectivity index (χ2n) is 3.55. The molecule has 1 aromatic carbocycles. The van der Waals surface area contributed by atoms with E-state index in [1.807, 2.05) is 11.4 Å². The Hall–Kier alpha value is -0.740. The summed E-state index contributed by atoms with van der Waals surface area (Å²) in [6.07, 6.45) is 2.06. The number of nitrogens with zero attached hydrogens (tertiary/aromatic N) is 1. The number of hydrogen-bond acceptors (Lipinski definition) is 2. The lowest BCUT2D eigenvalue weighted by molar-refractivity contribution is 0.627. The van der Waals surface area contributed by atoms with Crippen LogP contribution in [0.15, 0.2) is 28.1 Å². The fourth-order valence-corrected chi connectivity index (χ4v) is 2.80. The van der Waals surface area contributed by atoms with Crippen molar-refractivity contribution >= 4 is 27.3 Å². The van der Waals surface area contributed by atoms with Gasteiger partial charge in [0.1, 0.15) is 10.8 Å². The zero-order valence-electron chi connectivity index (χ0n) is 8.84. The fraction of sp³-hybridized carbons (Fsp3) is 0.250. The van der Waals surface area contributed by atoms with Crippen molar-refractivity contribution in [3.63, 3.8) is 0 Å². The molecule has 0 aliphatic rings. The summed E-state index contributed by atoms with van der Waals surface area (Å²) in [5.41, 5.74) is 1.92. The maximum atomic E-state index is 13.2. The minimum absolute atomic E-state index is 0.239. The number of aromatic nitrogens is 1. The van der Waals surface area contributed by atoms with Gasteiger partial charge in [-0.05, 0) is 24.6 Å². The van der Waals surface area contributed by atoms with E-state index in [0.29, 0.717) is 0 Å². The molecule has 0 unspecified atom stereocenters. The Morgan fingerprint density at radius 2 is 2.19 bits per heavy atom. The summed E-state index contributed by atoms with van der Waals surface area (Å²) < 4.78 is 14.0. The fourth-order valence-electron chi connectivity index (χ4n) is 1.49. The number of aryl methyl sites for hydroxylation is 1. The average molecular weight is 300 g/mol. The monoisotopic (exact) mass is 299 g/mol. The highest BCUT2D eigenvalue weighted by atomic mass is 79.9. The van der Waals surface area contributed by atoms with E-state index in [1.165, 1.54) is 12.1 Å². The zero-order chi connectivity index (χ0) is 11.5. The first-order chi connectivity index (χ1) is 7.69. The molecule has 0 saturated carbocycles. The van der Waals surface area contributed by atoms with Crippen LogP contribution in [0.4, 0.5) is 4.39 Å². The van der Waals surface area contributed by atoms with E-state index >= 15 is 0 Å². The molecule has 0 N–H and O–H groups in total. The Morgan fingerprint density at radius 1 is 1.38 bits per heavy atom. The molecule has 0 atom stereocenters. The van der Waals surface area contributed by atoms with Crippen molar-refractivity contribution in [2.75, 3.05) is 0 Å². The van der Waals surface area contributed by atoms with Crippen LogP contribution in [-0.2, 0) is 6.42 Å². The predicted octanol–water partition coefficient (Wildman–Crippen LogP) is 4.66. The third kappa shape index (κ3) is 2.68. The lowest BCUT2D eigenvalue weighted by Crippen LogP contribution is -1.84. The molecule has 0 aliphatic heterocycles. The minimum Gasteiger partial charge on any atom is -0.241 e. The van der Waals surface area contributed by atoms with Crippen molar-refractivity contribution in [2.24, 2.45) is 0 Å². The molecule has 0 spiro atoms. The van der Waals surface area contributed by atoms with Crippen molar-refractivity contribution in [3.05, 3.63) is 39.6 Å². The molecule has 0 amide bonds. The maximum Gasteiger partial charge on any atom is 0.125 e. The van der Waals surface area contributed by atoms with Crippen LogP contribution < -0.4 is 0 Å². The highest BCUT2D eigenvalue weighted by molar-refractivity contribution is 9.10. The Kier molecular flexibility index (Phi) is 3.71. The van der Waals surface area contributed by atoms with Crippen molar-refractivity contribution in [2.45, 2.75) is 19.8 Å². The molecule has 1 heterocycles. The van der Waals surface area contributed by atoms with Crippen LogP contribution in [0.1, 0.15) is 19.0 Å². The van der Waals surface area contributed by atoms with Gasteiger partial charge in [-0.15, -0.1) is 11.3 Å². The third-order valence-corrected chi connectivity index (χ3v) is 3.57. The van der Waals surface area contributed by atoms with E-state index in [-0.39, 0.29) is 5.82 Å². The van der Waals surface area contributed by atoms with Crippen molar-refractivity contribution < 1.29 is 4.39 Å². The van der Waals surface area contributed by atoms with Gasteiger partial charge in [-0.3, -0.25) is 0 Å². The molecule has 2 aromatic rings. The lowest BCUT2D eigenvalue weighted by Gasteiger charge is -1.98. The van der Waals surface area contributed by atoms with E-state index < -0.39 is 0 Å². The van der Waals surface area contributed by atoms with Gasteiger partial charge in [0.2, 0.25) is 0 Å². The van der Waals surface area contributed by atoms with E-state index in [4.69, 9.17) is 0 Å². The van der Waals surface area contributed by atoms with E-state index in [0.717, 1.165) is 33.6 Å². The second-order valence-corrected chi connectivity index (χ2v) is 5.33. The lowest BCUT2D eigenvalue weighted by atomic mass is 10.2. The van der Waals surface area contributed by atoms with Crippen LogP contribution in [0.5, 0.6) is 0 Å². The van der Waals surface area contributed by atoms with E-state index in [2.05, 4.69) is 27.8 Å². The highest BCUT2D eigenvalue weighted by Crippen LogP contribution is 2.27. The standard InChI is InChI=1S/C12H11BrFNS/c1-2-3-11-7-16-12(15-11)8-4-9(13)6-10(14)5-8/h4-7H,2-3H2,1H3. The maximum absolute atomic E-state index is 13.2. The summed E-state index contributed by atoms with van der Waals surface area (Å²) in [5.74, 6) is -0.239. The molecule has 0 radical (unpaired) electrons. The molecular formula is C12H11BrFNS. The van der Waals surface area contributed by atoms with Crippen LogP contribution in [0.25, 0.3) is 10.6 Å². The Morgan fingerprint density at radius 3 is 2.88 bits per heavy atom. The average Bonchev–Trinajstić information content (AvgIpc) is 2.65. The summed E-state index contributed by atoms with van der Waals surface area (Å²) in [6, 6.07) is 4.85. The van der Waals surface area contributed by atoms with Crippen molar-refractivity contribution in [1.82, 2.24) is 4.98 Å². The zero-order valence-corrected chi connectivity index (χ0v) is 11.2. The molecule has 1 aromatic heterocycles. The van der Waals surface area contributed by atoms with Crippen LogP contribution in [0.3, 0.4) is 0 Å². The van der Waals surface area contributed by atoms with Gasteiger partial charge in [0.05, 0.1) is 5.69 Å². The number of rotatable bonds is 3. The van der Waals surface area contributed by atoms with Crippen LogP contribution in [-0.4, -0.2) is 4.98 Å². The van der Waals surface area contributed by atoms with Gasteiger partial charge in [0.15, 0.2) is 0 Å². The van der Waals surface area contributed by atoms with Gasteiger partial charge in [-0.25, -0.2) is 9.37 Å². The molecule has 84 valence electrons. The molecule has 1 nitrogen and oxygen atoms in total. The van der Waals surface area contributed by atoms with Crippen LogP contribution >= 0.6 is 27.3 Å². The number of benzene rings is 1. The van der Waals surface area contributed by atoms with Gasteiger partial charge < -0.3 is 0 Å². The predicted molar refractivity (Wildman–Crippen MR) is 69.2 cm³/mol. The van der Waals surface area contributed by atoms with Crippen LogP contribution in [0, 0.1) is 5.82 Å². The molecule has 0 saturated heterocycles. The first-order valence-electron chi connectivity index (χ1n) is 5.10. The van der Waals surface area contributed by atoms with E-state index in [9.17, 15) is 4.39 Å². The van der Waals surface area contributed by atoms with Gasteiger partial charge >= 0.3 is 0 Å². The Balaban J connectivity index is 2.34. The molecule has 0 aliphatic carbocycles. The Labute approximate surface area is 106 Å². The largest absolute Gasteiger partial charge is 0.241 e. The van der Waals surface area contributed by atoms with Gasteiger partial charge in [0.25, 0.3) is 0 Å². The topological polar surface area (TPSA) is 12.9 Å². The minimum atomic E-state index is -0.239. The molecule has 0 fully saturated rings. The second kappa shape index (κ2) is 5.06. The Bertz CT molecular complexity index is 475. The number of thiazole rings is 1. The van der Waals surface area contributed by atoms with Gasteiger partial charge in [0, 0.05) is 15.4 Å².